The Morgan fingerprint density at radius 3 is 1.80 bits per heavy atom. The predicted molar refractivity (Wildman–Crippen MR) is 101 cm³/mol. The minimum Gasteiger partial charge on any atom is -0.392 e. The van der Waals surface area contributed by atoms with E-state index in [-0.39, 0.29) is 10.6 Å². The van der Waals surface area contributed by atoms with Gasteiger partial charge in [0.1, 0.15) is 5.69 Å². The molecule has 0 aliphatic heterocycles. The van der Waals surface area contributed by atoms with Crippen LogP contribution in [0.2, 0.25) is 0 Å². The summed E-state index contributed by atoms with van der Waals surface area (Å²) >= 11 is 0. The number of halogens is 9. The lowest BCUT2D eigenvalue weighted by molar-refractivity contribution is -0.384. The molecule has 1 heterocycles. The molecule has 3 aromatic rings. The van der Waals surface area contributed by atoms with Crippen molar-refractivity contribution >= 4 is 11.4 Å². The number of aromatic nitrogens is 2. The molecule has 35 heavy (non-hydrogen) atoms. The second-order valence-corrected chi connectivity index (χ2v) is 6.87. The average molecular weight is 512 g/mol. The number of nitrogen functional groups attached to an aromatic ring is 1. The number of nitrogens with zero attached hydrogens (tertiary/aromatic N) is 3. The summed E-state index contributed by atoms with van der Waals surface area (Å²) in [7, 11) is 0. The molecule has 7 nitrogen and oxygen atoms in total. The van der Waals surface area contributed by atoms with Crippen LogP contribution in [0.5, 0.6) is 0 Å². The third-order valence-electron chi connectivity index (χ3n) is 4.60. The maximum Gasteiger partial charge on any atom is 0.435 e. The van der Waals surface area contributed by atoms with E-state index >= 15 is 0 Å². The normalized spacial score (nSPS) is 12.6. The fraction of sp³-hybridized carbons (Fsp3) is 0.158. The summed E-state index contributed by atoms with van der Waals surface area (Å²) in [6.45, 7) is 0. The van der Waals surface area contributed by atoms with Crippen LogP contribution in [-0.4, -0.2) is 14.5 Å². The standard InChI is InChI=1S/C19H9F9N4O3/c20-17(21,22)8-1-4-10(5-2-8)31-15(30-14(19(26,27)28)13(29)16(31)33)11-6-3-9(18(23,24)25)7-12(11)32(34)35/h1-7H,29H2. The minimum absolute atomic E-state index is 0.0161. The summed E-state index contributed by atoms with van der Waals surface area (Å²) in [5.41, 5.74) is -5.49. The van der Waals surface area contributed by atoms with Gasteiger partial charge >= 0.3 is 18.5 Å². The molecule has 3 rings (SSSR count). The summed E-state index contributed by atoms with van der Waals surface area (Å²) in [5, 5.41) is 11.5. The zero-order valence-electron chi connectivity index (χ0n) is 16.6. The van der Waals surface area contributed by atoms with Gasteiger partial charge in [0.05, 0.1) is 27.3 Å². The van der Waals surface area contributed by atoms with Crippen molar-refractivity contribution in [3.63, 3.8) is 0 Å². The van der Waals surface area contributed by atoms with Crippen molar-refractivity contribution < 1.29 is 44.4 Å². The van der Waals surface area contributed by atoms with Crippen LogP contribution in [0.4, 0.5) is 50.9 Å². The summed E-state index contributed by atoms with van der Waals surface area (Å²) in [6.07, 6.45) is -15.3. The molecule has 0 bridgehead atoms. The largest absolute Gasteiger partial charge is 0.435 e. The number of hydrogen-bond acceptors (Lipinski definition) is 5. The van der Waals surface area contributed by atoms with Gasteiger partial charge in [0.2, 0.25) is 0 Å². The monoisotopic (exact) mass is 512 g/mol. The second kappa shape index (κ2) is 8.28. The van der Waals surface area contributed by atoms with Gasteiger partial charge in [0, 0.05) is 6.07 Å². The van der Waals surface area contributed by atoms with Gasteiger partial charge in [-0.25, -0.2) is 4.98 Å². The molecular weight excluding hydrogens is 503 g/mol. The van der Waals surface area contributed by atoms with E-state index in [1.165, 1.54) is 0 Å². The van der Waals surface area contributed by atoms with Crippen molar-refractivity contribution in [2.45, 2.75) is 18.5 Å². The first kappa shape index (κ1) is 25.5. The van der Waals surface area contributed by atoms with Crippen molar-refractivity contribution in [1.29, 1.82) is 0 Å². The van der Waals surface area contributed by atoms with E-state index in [9.17, 15) is 54.4 Å². The average Bonchev–Trinajstić information content (AvgIpc) is 2.73. The number of nitro groups is 1. The SMILES string of the molecule is Nc1c(C(F)(F)F)nc(-c2ccc(C(F)(F)F)cc2[N+](=O)[O-])n(-c2ccc(C(F)(F)F)cc2)c1=O. The number of benzene rings is 2. The predicted octanol–water partition coefficient (Wildman–Crippen LogP) is 5.45. The van der Waals surface area contributed by atoms with Crippen LogP contribution in [0.1, 0.15) is 16.8 Å². The molecular formula is C19H9F9N4O3. The lowest BCUT2D eigenvalue weighted by Gasteiger charge is -2.18. The van der Waals surface area contributed by atoms with Crippen molar-refractivity contribution in [2.24, 2.45) is 0 Å². The fourth-order valence-electron chi connectivity index (χ4n) is 3.02. The van der Waals surface area contributed by atoms with E-state index in [4.69, 9.17) is 5.73 Å². The van der Waals surface area contributed by atoms with Crippen molar-refractivity contribution in [2.75, 3.05) is 5.73 Å². The Labute approximate surface area is 187 Å². The Hall–Kier alpha value is -4.11. The highest BCUT2D eigenvalue weighted by molar-refractivity contribution is 5.72. The van der Waals surface area contributed by atoms with Crippen LogP contribution in [0, 0.1) is 10.1 Å². The van der Waals surface area contributed by atoms with E-state index in [1.807, 2.05) is 0 Å². The summed E-state index contributed by atoms with van der Waals surface area (Å²) in [4.78, 5) is 26.0. The van der Waals surface area contributed by atoms with Gasteiger partial charge in [-0.3, -0.25) is 19.5 Å². The molecule has 0 radical (unpaired) electrons. The first-order valence-electron chi connectivity index (χ1n) is 8.96. The smallest absolute Gasteiger partial charge is 0.392 e. The number of alkyl halides is 9. The lowest BCUT2D eigenvalue weighted by Crippen LogP contribution is -2.29. The van der Waals surface area contributed by atoms with Gasteiger partial charge in [-0.15, -0.1) is 0 Å². The van der Waals surface area contributed by atoms with Crippen LogP contribution >= 0.6 is 0 Å². The van der Waals surface area contributed by atoms with E-state index in [0.717, 1.165) is 0 Å². The maximum absolute atomic E-state index is 13.4. The number of hydrogen-bond donors (Lipinski definition) is 1. The molecule has 0 spiro atoms. The Bertz CT molecular complexity index is 1360. The topological polar surface area (TPSA) is 104 Å². The number of nitrogens with two attached hydrogens (primary N) is 1. The molecule has 2 N–H and O–H groups in total. The van der Waals surface area contributed by atoms with Crippen molar-refractivity contribution in [3.05, 3.63) is 79.8 Å². The van der Waals surface area contributed by atoms with Gasteiger partial charge in [0.25, 0.3) is 11.2 Å². The van der Waals surface area contributed by atoms with Crippen LogP contribution in [-0.2, 0) is 18.5 Å². The van der Waals surface area contributed by atoms with Crippen molar-refractivity contribution in [3.8, 4) is 17.1 Å². The minimum atomic E-state index is -5.36. The van der Waals surface area contributed by atoms with Gasteiger partial charge in [-0.2, -0.15) is 39.5 Å². The molecule has 0 saturated carbocycles. The van der Waals surface area contributed by atoms with E-state index in [1.54, 1.807) is 0 Å². The Kier molecular flexibility index (Phi) is 6.04. The molecule has 0 unspecified atom stereocenters. The molecule has 0 aliphatic carbocycles. The van der Waals surface area contributed by atoms with E-state index < -0.39 is 74.3 Å². The Morgan fingerprint density at radius 1 is 0.829 bits per heavy atom. The highest BCUT2D eigenvalue weighted by atomic mass is 19.4. The molecule has 1 aromatic heterocycles. The summed E-state index contributed by atoms with van der Waals surface area (Å²) in [6, 6.07) is 2.95. The van der Waals surface area contributed by atoms with Crippen LogP contribution in [0.15, 0.2) is 47.3 Å². The number of rotatable bonds is 3. The molecule has 186 valence electrons. The molecule has 0 aliphatic rings. The third-order valence-corrected chi connectivity index (χ3v) is 4.60. The van der Waals surface area contributed by atoms with E-state index in [2.05, 4.69) is 4.98 Å². The quantitative estimate of drug-likeness (QED) is 0.286. The number of nitro benzene ring substituents is 1. The van der Waals surface area contributed by atoms with Gasteiger partial charge in [-0.05, 0) is 36.4 Å². The zero-order chi connectivity index (χ0) is 26.5. The Morgan fingerprint density at radius 2 is 1.34 bits per heavy atom. The van der Waals surface area contributed by atoms with Crippen LogP contribution < -0.4 is 11.3 Å². The first-order chi connectivity index (χ1) is 15.9. The first-order valence-corrected chi connectivity index (χ1v) is 8.96. The third kappa shape index (κ3) is 4.90. The fourth-order valence-corrected chi connectivity index (χ4v) is 3.02. The molecule has 16 heteroatoms. The van der Waals surface area contributed by atoms with Gasteiger partial charge in [0.15, 0.2) is 11.5 Å². The summed E-state index contributed by atoms with van der Waals surface area (Å²) in [5.74, 6) is -1.17. The molecule has 0 amide bonds. The Balaban J connectivity index is 2.43. The summed E-state index contributed by atoms with van der Waals surface area (Å²) < 4.78 is 118. The lowest BCUT2D eigenvalue weighted by atomic mass is 10.1. The molecule has 0 atom stereocenters. The van der Waals surface area contributed by atoms with Gasteiger partial charge in [-0.1, -0.05) is 0 Å². The zero-order valence-corrected chi connectivity index (χ0v) is 16.6. The molecule has 2 aromatic carbocycles. The van der Waals surface area contributed by atoms with E-state index in [0.29, 0.717) is 36.4 Å². The molecule has 0 fully saturated rings. The maximum atomic E-state index is 13.4. The van der Waals surface area contributed by atoms with Crippen LogP contribution in [0.25, 0.3) is 17.1 Å². The second-order valence-electron chi connectivity index (χ2n) is 6.87. The van der Waals surface area contributed by atoms with Crippen LogP contribution in [0.3, 0.4) is 0 Å². The highest BCUT2D eigenvalue weighted by Gasteiger charge is 2.39. The number of anilines is 1. The van der Waals surface area contributed by atoms with Gasteiger partial charge < -0.3 is 5.73 Å². The molecule has 0 saturated heterocycles. The van der Waals surface area contributed by atoms with Crippen molar-refractivity contribution in [1.82, 2.24) is 9.55 Å². The highest BCUT2D eigenvalue weighted by Crippen LogP contribution is 2.39.